The van der Waals surface area contributed by atoms with E-state index in [0.29, 0.717) is 12.1 Å². The number of aryl methyl sites for hydroxylation is 1. The summed E-state index contributed by atoms with van der Waals surface area (Å²) in [6.45, 7) is 4.33. The average molecular weight is 357 g/mol. The quantitative estimate of drug-likeness (QED) is 0.750. The van der Waals surface area contributed by atoms with Crippen molar-refractivity contribution in [3.8, 4) is 11.1 Å². The third-order valence-corrected chi connectivity index (χ3v) is 5.15. The Balaban J connectivity index is 1.59. The van der Waals surface area contributed by atoms with Gasteiger partial charge in [-0.3, -0.25) is 9.78 Å². The van der Waals surface area contributed by atoms with Crippen molar-refractivity contribution in [1.82, 2.24) is 15.6 Å². The van der Waals surface area contributed by atoms with Gasteiger partial charge in [-0.25, -0.2) is 0 Å². The molecular weight excluding hydrogens is 334 g/mol. The summed E-state index contributed by atoms with van der Waals surface area (Å²) in [5.74, 6) is -0.0552. The van der Waals surface area contributed by atoms with Gasteiger partial charge in [-0.2, -0.15) is 0 Å². The number of carbonyl (C=O) groups excluding carboxylic acids is 1. The Morgan fingerprint density at radius 2 is 1.89 bits per heavy atom. The van der Waals surface area contributed by atoms with Crippen LogP contribution in [0.4, 0.5) is 0 Å². The standard InChI is InChI=1S/C23H23N3O/c1-16-22(20-11-12-24-13-18(20)14-25-16)15-26-23(27)21-10-6-5-9-19(21)17-7-3-2-4-8-17/h2-10,14,24H,11-13,15H2,1H3,(H,26,27). The first kappa shape index (κ1) is 17.4. The van der Waals surface area contributed by atoms with E-state index in [1.54, 1.807) is 0 Å². The van der Waals surface area contributed by atoms with Gasteiger partial charge in [0.1, 0.15) is 0 Å². The lowest BCUT2D eigenvalue weighted by molar-refractivity contribution is 0.0951. The van der Waals surface area contributed by atoms with E-state index in [-0.39, 0.29) is 5.91 Å². The van der Waals surface area contributed by atoms with E-state index in [1.807, 2.05) is 67.7 Å². The summed E-state index contributed by atoms with van der Waals surface area (Å²) in [6, 6.07) is 17.8. The van der Waals surface area contributed by atoms with E-state index in [4.69, 9.17) is 0 Å². The molecule has 0 atom stereocenters. The molecule has 1 aliphatic heterocycles. The minimum Gasteiger partial charge on any atom is -0.348 e. The highest BCUT2D eigenvalue weighted by Gasteiger charge is 2.17. The molecule has 4 nitrogen and oxygen atoms in total. The van der Waals surface area contributed by atoms with Crippen LogP contribution in [-0.2, 0) is 19.5 Å². The van der Waals surface area contributed by atoms with Crippen LogP contribution in [0.2, 0.25) is 0 Å². The van der Waals surface area contributed by atoms with Crippen molar-refractivity contribution in [2.75, 3.05) is 6.54 Å². The zero-order chi connectivity index (χ0) is 18.6. The molecular formula is C23H23N3O. The summed E-state index contributed by atoms with van der Waals surface area (Å²) < 4.78 is 0. The first-order valence-corrected chi connectivity index (χ1v) is 9.33. The van der Waals surface area contributed by atoms with Crippen LogP contribution in [-0.4, -0.2) is 17.4 Å². The normalized spacial score (nSPS) is 13.1. The molecule has 0 fully saturated rings. The van der Waals surface area contributed by atoms with Crippen LogP contribution >= 0.6 is 0 Å². The van der Waals surface area contributed by atoms with E-state index in [1.165, 1.54) is 11.1 Å². The number of benzene rings is 2. The summed E-state index contributed by atoms with van der Waals surface area (Å²) in [6.07, 6.45) is 2.93. The van der Waals surface area contributed by atoms with E-state index in [2.05, 4.69) is 15.6 Å². The molecule has 4 rings (SSSR count). The average Bonchev–Trinajstić information content (AvgIpc) is 2.73. The number of fused-ring (bicyclic) bond motifs is 1. The van der Waals surface area contributed by atoms with Gasteiger partial charge in [0.05, 0.1) is 0 Å². The molecule has 1 aromatic heterocycles. The van der Waals surface area contributed by atoms with Gasteiger partial charge >= 0.3 is 0 Å². The number of rotatable bonds is 4. The summed E-state index contributed by atoms with van der Waals surface area (Å²) >= 11 is 0. The van der Waals surface area contributed by atoms with Gasteiger partial charge < -0.3 is 10.6 Å². The fraction of sp³-hybridized carbons (Fsp3) is 0.217. The van der Waals surface area contributed by atoms with Crippen molar-refractivity contribution in [2.45, 2.75) is 26.4 Å². The van der Waals surface area contributed by atoms with E-state index in [9.17, 15) is 4.79 Å². The Kier molecular flexibility index (Phi) is 4.99. The molecule has 3 aromatic rings. The van der Waals surface area contributed by atoms with Crippen molar-refractivity contribution < 1.29 is 4.79 Å². The third-order valence-electron chi connectivity index (χ3n) is 5.15. The molecule has 27 heavy (non-hydrogen) atoms. The summed E-state index contributed by atoms with van der Waals surface area (Å²) in [5.41, 5.74) is 7.40. The number of hydrogen-bond donors (Lipinski definition) is 2. The molecule has 2 heterocycles. The molecule has 1 aliphatic rings. The number of nitrogens with zero attached hydrogens (tertiary/aromatic N) is 1. The minimum absolute atomic E-state index is 0.0552. The van der Waals surface area contributed by atoms with Crippen LogP contribution in [0.15, 0.2) is 60.8 Å². The lowest BCUT2D eigenvalue weighted by Gasteiger charge is -2.21. The van der Waals surface area contributed by atoms with Crippen LogP contribution in [0.3, 0.4) is 0 Å². The highest BCUT2D eigenvalue weighted by Crippen LogP contribution is 2.24. The highest BCUT2D eigenvalue weighted by molar-refractivity contribution is 6.00. The Hall–Kier alpha value is -2.98. The van der Waals surface area contributed by atoms with Crippen molar-refractivity contribution in [3.05, 3.63) is 88.7 Å². The first-order chi connectivity index (χ1) is 13.2. The first-order valence-electron chi connectivity index (χ1n) is 9.33. The van der Waals surface area contributed by atoms with Gasteiger partial charge in [-0.1, -0.05) is 48.5 Å². The number of nitrogens with one attached hydrogen (secondary N) is 2. The second-order valence-electron chi connectivity index (χ2n) is 6.85. The molecule has 0 spiro atoms. The zero-order valence-corrected chi connectivity index (χ0v) is 15.5. The van der Waals surface area contributed by atoms with Gasteiger partial charge in [0, 0.05) is 30.5 Å². The number of amides is 1. The molecule has 136 valence electrons. The molecule has 0 aliphatic carbocycles. The van der Waals surface area contributed by atoms with Crippen LogP contribution in [0, 0.1) is 6.92 Å². The molecule has 4 heteroatoms. The smallest absolute Gasteiger partial charge is 0.252 e. The molecule has 0 bridgehead atoms. The molecule has 2 N–H and O–H groups in total. The second-order valence-corrected chi connectivity index (χ2v) is 6.85. The lowest BCUT2D eigenvalue weighted by atomic mass is 9.95. The van der Waals surface area contributed by atoms with E-state index in [0.717, 1.165) is 41.9 Å². The van der Waals surface area contributed by atoms with Gasteiger partial charge in [0.15, 0.2) is 0 Å². The van der Waals surface area contributed by atoms with Gasteiger partial charge in [-0.15, -0.1) is 0 Å². The summed E-state index contributed by atoms with van der Waals surface area (Å²) in [4.78, 5) is 17.5. The fourth-order valence-corrected chi connectivity index (χ4v) is 3.69. The monoisotopic (exact) mass is 357 g/mol. The van der Waals surface area contributed by atoms with E-state index >= 15 is 0 Å². The van der Waals surface area contributed by atoms with Gasteiger partial charge in [-0.05, 0) is 53.8 Å². The Labute approximate surface area is 159 Å². The summed E-state index contributed by atoms with van der Waals surface area (Å²) in [5, 5.41) is 6.49. The van der Waals surface area contributed by atoms with Crippen LogP contribution in [0.1, 0.15) is 32.7 Å². The molecule has 1 amide bonds. The largest absolute Gasteiger partial charge is 0.348 e. The Bertz CT molecular complexity index is 967. The molecule has 0 radical (unpaired) electrons. The topological polar surface area (TPSA) is 54.0 Å². The lowest BCUT2D eigenvalue weighted by Crippen LogP contribution is -2.29. The highest BCUT2D eigenvalue weighted by atomic mass is 16.1. The van der Waals surface area contributed by atoms with E-state index < -0.39 is 0 Å². The number of carbonyl (C=O) groups is 1. The Morgan fingerprint density at radius 1 is 1.11 bits per heavy atom. The van der Waals surface area contributed by atoms with Gasteiger partial charge in [0.25, 0.3) is 5.91 Å². The third kappa shape index (κ3) is 3.62. The van der Waals surface area contributed by atoms with Crippen LogP contribution in [0.25, 0.3) is 11.1 Å². The van der Waals surface area contributed by atoms with Crippen LogP contribution < -0.4 is 10.6 Å². The molecule has 0 saturated heterocycles. The second kappa shape index (κ2) is 7.72. The maximum atomic E-state index is 12.9. The Morgan fingerprint density at radius 3 is 2.74 bits per heavy atom. The molecule has 0 saturated carbocycles. The number of pyridine rings is 1. The number of aromatic nitrogens is 1. The predicted octanol–water partition coefficient (Wildman–Crippen LogP) is 3.63. The van der Waals surface area contributed by atoms with Crippen LogP contribution in [0.5, 0.6) is 0 Å². The molecule has 2 aromatic carbocycles. The minimum atomic E-state index is -0.0552. The van der Waals surface area contributed by atoms with Crippen molar-refractivity contribution in [1.29, 1.82) is 0 Å². The maximum Gasteiger partial charge on any atom is 0.252 e. The fourth-order valence-electron chi connectivity index (χ4n) is 3.69. The van der Waals surface area contributed by atoms with Crippen molar-refractivity contribution in [2.24, 2.45) is 0 Å². The SMILES string of the molecule is Cc1ncc2c(c1CNC(=O)c1ccccc1-c1ccccc1)CCNC2. The zero-order valence-electron chi connectivity index (χ0n) is 15.5. The predicted molar refractivity (Wildman–Crippen MR) is 107 cm³/mol. The van der Waals surface area contributed by atoms with Crippen molar-refractivity contribution in [3.63, 3.8) is 0 Å². The maximum absolute atomic E-state index is 12.9. The summed E-state index contributed by atoms with van der Waals surface area (Å²) in [7, 11) is 0. The molecule has 0 unspecified atom stereocenters. The number of hydrogen-bond acceptors (Lipinski definition) is 3. The van der Waals surface area contributed by atoms with Crippen molar-refractivity contribution >= 4 is 5.91 Å². The van der Waals surface area contributed by atoms with Gasteiger partial charge in [0.2, 0.25) is 0 Å².